The number of rotatable bonds is 7. The number of amides is 2. The highest BCUT2D eigenvalue weighted by atomic mass is 16.5. The number of methoxy groups -OCH3 is 1. The van der Waals surface area contributed by atoms with E-state index in [2.05, 4.69) is 15.8 Å². The highest BCUT2D eigenvalue weighted by Crippen LogP contribution is 2.10. The normalized spacial score (nSPS) is 10.5. The van der Waals surface area contributed by atoms with E-state index >= 15 is 0 Å². The van der Waals surface area contributed by atoms with Crippen molar-refractivity contribution in [3.05, 3.63) is 59.7 Å². The van der Waals surface area contributed by atoms with Gasteiger partial charge in [0, 0.05) is 18.5 Å². The molecule has 0 aliphatic heterocycles. The Morgan fingerprint density at radius 3 is 2.28 bits per heavy atom. The van der Waals surface area contributed by atoms with Crippen LogP contribution in [-0.2, 0) is 9.59 Å². The van der Waals surface area contributed by atoms with Gasteiger partial charge in [-0.25, -0.2) is 5.43 Å². The van der Waals surface area contributed by atoms with E-state index in [1.807, 2.05) is 43.3 Å². The first-order chi connectivity index (χ1) is 12.1. The maximum Gasteiger partial charge on any atom is 0.240 e. The van der Waals surface area contributed by atoms with E-state index in [9.17, 15) is 9.59 Å². The number of anilines is 1. The summed E-state index contributed by atoms with van der Waals surface area (Å²) in [5.74, 6) is 0.225. The van der Waals surface area contributed by atoms with Gasteiger partial charge in [0.1, 0.15) is 5.75 Å². The van der Waals surface area contributed by atoms with Crippen LogP contribution in [0.4, 0.5) is 5.69 Å². The first-order valence-corrected chi connectivity index (χ1v) is 7.89. The Bertz CT molecular complexity index is 738. The van der Waals surface area contributed by atoms with Crippen molar-refractivity contribution in [2.75, 3.05) is 12.4 Å². The molecule has 2 rings (SSSR count). The van der Waals surface area contributed by atoms with Crippen LogP contribution >= 0.6 is 0 Å². The molecule has 0 radical (unpaired) electrons. The summed E-state index contributed by atoms with van der Waals surface area (Å²) in [6.07, 6.45) is 1.69. The molecule has 0 aliphatic carbocycles. The zero-order valence-electron chi connectivity index (χ0n) is 14.3. The summed E-state index contributed by atoms with van der Waals surface area (Å²) >= 11 is 0. The Hall–Kier alpha value is -3.15. The third kappa shape index (κ3) is 6.47. The standard InChI is InChI=1S/C19H21N3O3/c1-14-3-7-16(8-4-14)21-18(23)11-12-19(24)22-20-13-15-5-9-17(25-2)10-6-15/h3-10,13H,11-12H2,1-2H3,(H,21,23)(H,22,24)/b20-13+. The second kappa shape index (κ2) is 9.22. The van der Waals surface area contributed by atoms with E-state index in [0.29, 0.717) is 5.69 Å². The number of ether oxygens (including phenoxy) is 1. The minimum absolute atomic E-state index is 0.0671. The molecule has 2 aromatic carbocycles. The number of aryl methyl sites for hydroxylation is 1. The van der Waals surface area contributed by atoms with Gasteiger partial charge in [0.25, 0.3) is 0 Å². The number of hydrogen-bond donors (Lipinski definition) is 2. The largest absolute Gasteiger partial charge is 0.497 e. The molecule has 2 N–H and O–H groups in total. The summed E-state index contributed by atoms with van der Waals surface area (Å²) in [5, 5.41) is 6.62. The highest BCUT2D eigenvalue weighted by Gasteiger charge is 2.06. The molecule has 0 aromatic heterocycles. The third-order valence-corrected chi connectivity index (χ3v) is 3.43. The predicted octanol–water partition coefficient (Wildman–Crippen LogP) is 2.87. The lowest BCUT2D eigenvalue weighted by Gasteiger charge is -2.05. The molecule has 2 amide bonds. The number of nitrogens with zero attached hydrogens (tertiary/aromatic N) is 1. The molecule has 0 heterocycles. The van der Waals surface area contributed by atoms with Crippen LogP contribution in [0.1, 0.15) is 24.0 Å². The fourth-order valence-electron chi connectivity index (χ4n) is 2.01. The van der Waals surface area contributed by atoms with Gasteiger partial charge in [-0.3, -0.25) is 9.59 Å². The van der Waals surface area contributed by atoms with Gasteiger partial charge in [-0.15, -0.1) is 0 Å². The minimum atomic E-state index is -0.316. The highest BCUT2D eigenvalue weighted by molar-refractivity contribution is 5.93. The average molecular weight is 339 g/mol. The van der Waals surface area contributed by atoms with E-state index in [4.69, 9.17) is 4.74 Å². The first-order valence-electron chi connectivity index (χ1n) is 7.89. The van der Waals surface area contributed by atoms with Crippen molar-refractivity contribution in [2.24, 2.45) is 5.10 Å². The zero-order valence-corrected chi connectivity index (χ0v) is 14.3. The summed E-state index contributed by atoms with van der Waals surface area (Å²) in [5.41, 5.74) is 5.07. The van der Waals surface area contributed by atoms with Gasteiger partial charge >= 0.3 is 0 Å². The van der Waals surface area contributed by atoms with Gasteiger partial charge in [-0.2, -0.15) is 5.10 Å². The molecule has 6 heteroatoms. The predicted molar refractivity (Wildman–Crippen MR) is 97.8 cm³/mol. The number of hydrogen-bond acceptors (Lipinski definition) is 4. The van der Waals surface area contributed by atoms with Crippen LogP contribution in [0, 0.1) is 6.92 Å². The minimum Gasteiger partial charge on any atom is -0.497 e. The Labute approximate surface area is 146 Å². The van der Waals surface area contributed by atoms with Crippen LogP contribution in [0.5, 0.6) is 5.75 Å². The smallest absolute Gasteiger partial charge is 0.240 e. The summed E-state index contributed by atoms with van der Waals surface area (Å²) in [4.78, 5) is 23.5. The Morgan fingerprint density at radius 2 is 1.64 bits per heavy atom. The van der Waals surface area contributed by atoms with E-state index in [0.717, 1.165) is 16.9 Å². The average Bonchev–Trinajstić information content (AvgIpc) is 2.62. The van der Waals surface area contributed by atoms with E-state index < -0.39 is 0 Å². The molecule has 130 valence electrons. The summed E-state index contributed by atoms with van der Waals surface area (Å²) < 4.78 is 5.06. The maximum atomic E-state index is 11.8. The van der Waals surface area contributed by atoms with Crippen molar-refractivity contribution < 1.29 is 14.3 Å². The topological polar surface area (TPSA) is 79.8 Å². The van der Waals surface area contributed by atoms with Gasteiger partial charge in [0.2, 0.25) is 11.8 Å². The molecule has 0 atom stereocenters. The van der Waals surface area contributed by atoms with Crippen LogP contribution < -0.4 is 15.5 Å². The molecule has 0 bridgehead atoms. The van der Waals surface area contributed by atoms with Crippen LogP contribution in [0.3, 0.4) is 0 Å². The van der Waals surface area contributed by atoms with Crippen molar-refractivity contribution in [3.63, 3.8) is 0 Å². The van der Waals surface area contributed by atoms with Crippen LogP contribution in [-0.4, -0.2) is 25.1 Å². The van der Waals surface area contributed by atoms with Crippen LogP contribution in [0.15, 0.2) is 53.6 Å². The number of carbonyl (C=O) groups is 2. The lowest BCUT2D eigenvalue weighted by molar-refractivity contribution is -0.124. The number of hydrazone groups is 1. The SMILES string of the molecule is COc1ccc(/C=N/NC(=O)CCC(=O)Nc2ccc(C)cc2)cc1. The first kappa shape index (κ1) is 18.2. The van der Waals surface area contributed by atoms with Gasteiger partial charge in [0.15, 0.2) is 0 Å². The fraction of sp³-hybridized carbons (Fsp3) is 0.211. The quantitative estimate of drug-likeness (QED) is 0.601. The van der Waals surface area contributed by atoms with Crippen molar-refractivity contribution in [3.8, 4) is 5.75 Å². The van der Waals surface area contributed by atoms with Crippen molar-refractivity contribution in [1.82, 2.24) is 5.43 Å². The number of carbonyl (C=O) groups excluding carboxylic acids is 2. The summed E-state index contributed by atoms with van der Waals surface area (Å²) in [6, 6.07) is 14.7. The second-order valence-electron chi connectivity index (χ2n) is 5.48. The van der Waals surface area contributed by atoms with Gasteiger partial charge in [0.05, 0.1) is 13.3 Å². The van der Waals surface area contributed by atoms with Crippen molar-refractivity contribution in [1.29, 1.82) is 0 Å². The second-order valence-corrected chi connectivity index (χ2v) is 5.48. The molecular weight excluding hydrogens is 318 g/mol. The van der Waals surface area contributed by atoms with E-state index in [1.165, 1.54) is 6.21 Å². The monoisotopic (exact) mass is 339 g/mol. The molecule has 25 heavy (non-hydrogen) atoms. The molecule has 0 saturated carbocycles. The third-order valence-electron chi connectivity index (χ3n) is 3.43. The lowest BCUT2D eigenvalue weighted by atomic mass is 10.2. The lowest BCUT2D eigenvalue weighted by Crippen LogP contribution is -2.20. The molecular formula is C19H21N3O3. The van der Waals surface area contributed by atoms with E-state index in [1.54, 1.807) is 19.2 Å². The maximum absolute atomic E-state index is 11.8. The van der Waals surface area contributed by atoms with Crippen LogP contribution in [0.25, 0.3) is 0 Å². The zero-order chi connectivity index (χ0) is 18.1. The Kier molecular flexibility index (Phi) is 6.71. The molecule has 2 aromatic rings. The fourth-order valence-corrected chi connectivity index (χ4v) is 2.01. The molecule has 0 saturated heterocycles. The Morgan fingerprint density at radius 1 is 1.00 bits per heavy atom. The van der Waals surface area contributed by atoms with Crippen LogP contribution in [0.2, 0.25) is 0 Å². The Balaban J connectivity index is 1.71. The number of nitrogens with one attached hydrogen (secondary N) is 2. The summed E-state index contributed by atoms with van der Waals surface area (Å²) in [6.45, 7) is 1.97. The van der Waals surface area contributed by atoms with Gasteiger partial charge in [-0.1, -0.05) is 17.7 Å². The van der Waals surface area contributed by atoms with Gasteiger partial charge in [-0.05, 0) is 48.9 Å². The van der Waals surface area contributed by atoms with E-state index in [-0.39, 0.29) is 24.7 Å². The van der Waals surface area contributed by atoms with Crippen molar-refractivity contribution in [2.45, 2.75) is 19.8 Å². The molecule has 0 fully saturated rings. The molecule has 0 spiro atoms. The molecule has 0 unspecified atom stereocenters. The molecule has 6 nitrogen and oxygen atoms in total. The number of benzene rings is 2. The van der Waals surface area contributed by atoms with Crippen molar-refractivity contribution >= 4 is 23.7 Å². The molecule has 0 aliphatic rings. The van der Waals surface area contributed by atoms with Gasteiger partial charge < -0.3 is 10.1 Å². The summed E-state index contributed by atoms with van der Waals surface area (Å²) in [7, 11) is 1.60.